The van der Waals surface area contributed by atoms with Gasteiger partial charge in [-0.1, -0.05) is 6.07 Å². The summed E-state index contributed by atoms with van der Waals surface area (Å²) in [6.07, 6.45) is 1.64. The zero-order chi connectivity index (χ0) is 17.6. The Balaban J connectivity index is 2.17. The lowest BCUT2D eigenvalue weighted by Crippen LogP contribution is -2.41. The van der Waals surface area contributed by atoms with Crippen LogP contribution in [0.5, 0.6) is 0 Å². The van der Waals surface area contributed by atoms with Gasteiger partial charge in [0.05, 0.1) is 18.1 Å². The van der Waals surface area contributed by atoms with Gasteiger partial charge in [0.1, 0.15) is 0 Å². The number of nitrogens with one attached hydrogen (secondary N) is 1. The Kier molecular flexibility index (Phi) is 6.73. The highest BCUT2D eigenvalue weighted by Gasteiger charge is 2.28. The van der Waals surface area contributed by atoms with E-state index in [1.54, 1.807) is 19.1 Å². The maximum atomic E-state index is 12.8. The summed E-state index contributed by atoms with van der Waals surface area (Å²) in [5, 5.41) is 2.79. The van der Waals surface area contributed by atoms with Crippen molar-refractivity contribution >= 4 is 15.9 Å². The fraction of sp³-hybridized carbons (Fsp3) is 0.562. The lowest BCUT2D eigenvalue weighted by Gasteiger charge is -2.26. The van der Waals surface area contributed by atoms with Crippen LogP contribution in [0.15, 0.2) is 23.1 Å². The fourth-order valence-corrected chi connectivity index (χ4v) is 4.18. The van der Waals surface area contributed by atoms with Gasteiger partial charge in [-0.15, -0.1) is 0 Å². The highest BCUT2D eigenvalue weighted by molar-refractivity contribution is 7.89. The first-order valence-corrected chi connectivity index (χ1v) is 9.57. The second kappa shape index (κ2) is 8.57. The highest BCUT2D eigenvalue weighted by Crippen LogP contribution is 2.22. The van der Waals surface area contributed by atoms with Gasteiger partial charge in [-0.05, 0) is 44.0 Å². The van der Waals surface area contributed by atoms with E-state index in [9.17, 15) is 13.2 Å². The molecule has 1 heterocycles. The van der Waals surface area contributed by atoms with Crippen LogP contribution >= 0.6 is 0 Å². The van der Waals surface area contributed by atoms with Crippen LogP contribution in [0, 0.1) is 6.92 Å². The number of nitrogens with two attached hydrogens (primary N) is 1. The van der Waals surface area contributed by atoms with E-state index >= 15 is 0 Å². The lowest BCUT2D eigenvalue weighted by molar-refractivity contribution is 0.0730. The van der Waals surface area contributed by atoms with Crippen molar-refractivity contribution in [3.63, 3.8) is 0 Å². The number of hydrogen-bond donors (Lipinski definition) is 2. The van der Waals surface area contributed by atoms with Gasteiger partial charge >= 0.3 is 0 Å². The van der Waals surface area contributed by atoms with Crippen LogP contribution in [0.2, 0.25) is 0 Å². The summed E-state index contributed by atoms with van der Waals surface area (Å²) < 4.78 is 32.2. The maximum Gasteiger partial charge on any atom is 0.251 e. The summed E-state index contributed by atoms with van der Waals surface area (Å²) in [5.41, 5.74) is 6.39. The molecule has 0 bridgehead atoms. The molecule has 134 valence electrons. The van der Waals surface area contributed by atoms with E-state index in [1.165, 1.54) is 10.4 Å². The van der Waals surface area contributed by atoms with E-state index in [1.807, 2.05) is 0 Å². The summed E-state index contributed by atoms with van der Waals surface area (Å²) in [4.78, 5) is 12.4. The number of carbonyl (C=O) groups excluding carboxylic acids is 1. The molecule has 0 radical (unpaired) electrons. The molecule has 3 N–H and O–H groups in total. The van der Waals surface area contributed by atoms with Crippen LogP contribution in [0.4, 0.5) is 0 Å². The number of sulfonamides is 1. The Hall–Kier alpha value is -1.48. The summed E-state index contributed by atoms with van der Waals surface area (Å²) >= 11 is 0. The van der Waals surface area contributed by atoms with Gasteiger partial charge in [0.15, 0.2) is 0 Å². The molecule has 1 amide bonds. The van der Waals surface area contributed by atoms with Gasteiger partial charge in [-0.2, -0.15) is 4.31 Å². The largest absolute Gasteiger partial charge is 0.379 e. The van der Waals surface area contributed by atoms with Crippen LogP contribution in [-0.4, -0.2) is 58.0 Å². The predicted octanol–water partition coefficient (Wildman–Crippen LogP) is 0.485. The number of unbranched alkanes of at least 4 members (excludes halogenated alkanes) is 1. The number of carbonyl (C=O) groups is 1. The molecule has 0 saturated carbocycles. The van der Waals surface area contributed by atoms with E-state index < -0.39 is 10.0 Å². The third-order valence-corrected chi connectivity index (χ3v) is 6.00. The second-order valence-corrected chi connectivity index (χ2v) is 7.65. The summed E-state index contributed by atoms with van der Waals surface area (Å²) in [6.45, 7) is 4.28. The molecule has 1 saturated heterocycles. The molecule has 1 aliphatic rings. The van der Waals surface area contributed by atoms with Crippen molar-refractivity contribution in [2.75, 3.05) is 39.4 Å². The monoisotopic (exact) mass is 355 g/mol. The normalized spacial score (nSPS) is 16.1. The average Bonchev–Trinajstić information content (AvgIpc) is 2.59. The number of ether oxygens (including phenoxy) is 1. The van der Waals surface area contributed by atoms with Crippen molar-refractivity contribution in [1.82, 2.24) is 9.62 Å². The summed E-state index contributed by atoms with van der Waals surface area (Å²) in [5.74, 6) is -0.273. The minimum absolute atomic E-state index is 0.180. The third kappa shape index (κ3) is 4.54. The Labute approximate surface area is 143 Å². The molecule has 0 atom stereocenters. The number of benzene rings is 1. The molecule has 0 aromatic heterocycles. The van der Waals surface area contributed by atoms with Crippen LogP contribution in [-0.2, 0) is 14.8 Å². The molecular weight excluding hydrogens is 330 g/mol. The standard InChI is InChI=1S/C16H25N3O4S/c1-13-4-5-14(16(20)18-7-3-2-6-17)12-15(13)24(21,22)19-8-10-23-11-9-19/h4-5,12H,2-3,6-11,17H2,1H3,(H,18,20). The van der Waals surface area contributed by atoms with Gasteiger partial charge in [-0.25, -0.2) is 8.42 Å². The number of morpholine rings is 1. The molecule has 24 heavy (non-hydrogen) atoms. The van der Waals surface area contributed by atoms with Crippen LogP contribution in [0.3, 0.4) is 0 Å². The van der Waals surface area contributed by atoms with Crippen molar-refractivity contribution in [3.05, 3.63) is 29.3 Å². The molecule has 0 aliphatic carbocycles. The van der Waals surface area contributed by atoms with Crippen molar-refractivity contribution in [1.29, 1.82) is 0 Å². The molecule has 1 aromatic carbocycles. The molecular formula is C16H25N3O4S. The van der Waals surface area contributed by atoms with Crippen molar-refractivity contribution < 1.29 is 17.9 Å². The zero-order valence-electron chi connectivity index (χ0n) is 14.0. The molecule has 1 fully saturated rings. The predicted molar refractivity (Wildman–Crippen MR) is 91.4 cm³/mol. The highest BCUT2D eigenvalue weighted by atomic mass is 32.2. The quantitative estimate of drug-likeness (QED) is 0.693. The molecule has 0 spiro atoms. The lowest BCUT2D eigenvalue weighted by atomic mass is 10.1. The second-order valence-electron chi connectivity index (χ2n) is 5.75. The van der Waals surface area contributed by atoms with Gasteiger partial charge in [0.2, 0.25) is 10.0 Å². The minimum Gasteiger partial charge on any atom is -0.379 e. The van der Waals surface area contributed by atoms with E-state index in [4.69, 9.17) is 10.5 Å². The van der Waals surface area contributed by atoms with E-state index in [0.29, 0.717) is 50.5 Å². The van der Waals surface area contributed by atoms with Crippen molar-refractivity contribution in [2.24, 2.45) is 5.73 Å². The molecule has 2 rings (SSSR count). The number of nitrogens with zero attached hydrogens (tertiary/aromatic N) is 1. The minimum atomic E-state index is -3.62. The van der Waals surface area contributed by atoms with Gasteiger partial charge in [-0.3, -0.25) is 4.79 Å². The smallest absolute Gasteiger partial charge is 0.251 e. The van der Waals surface area contributed by atoms with Crippen LogP contribution in [0.25, 0.3) is 0 Å². The Bertz CT molecular complexity index is 670. The first-order chi connectivity index (χ1) is 11.5. The number of amides is 1. The summed E-state index contributed by atoms with van der Waals surface area (Å²) in [7, 11) is -3.62. The molecule has 1 aromatic rings. The van der Waals surface area contributed by atoms with Gasteiger partial charge < -0.3 is 15.8 Å². The van der Waals surface area contributed by atoms with Crippen LogP contribution < -0.4 is 11.1 Å². The topological polar surface area (TPSA) is 102 Å². The summed E-state index contributed by atoms with van der Waals surface area (Å²) in [6, 6.07) is 4.77. The fourth-order valence-electron chi connectivity index (χ4n) is 2.52. The Morgan fingerprint density at radius 2 is 2.00 bits per heavy atom. The van der Waals surface area contributed by atoms with Gasteiger partial charge in [0, 0.05) is 25.2 Å². The van der Waals surface area contributed by atoms with Crippen molar-refractivity contribution in [3.8, 4) is 0 Å². The first kappa shape index (κ1) is 18.9. The van der Waals surface area contributed by atoms with E-state index in [0.717, 1.165) is 12.8 Å². The molecule has 0 unspecified atom stereocenters. The number of aryl methyl sites for hydroxylation is 1. The SMILES string of the molecule is Cc1ccc(C(=O)NCCCCN)cc1S(=O)(=O)N1CCOCC1. The number of hydrogen-bond acceptors (Lipinski definition) is 5. The molecule has 7 nitrogen and oxygen atoms in total. The Morgan fingerprint density at radius 3 is 2.67 bits per heavy atom. The van der Waals surface area contributed by atoms with E-state index in [2.05, 4.69) is 5.32 Å². The molecule has 1 aliphatic heterocycles. The molecule has 8 heteroatoms. The first-order valence-electron chi connectivity index (χ1n) is 8.13. The van der Waals surface area contributed by atoms with Crippen molar-refractivity contribution in [2.45, 2.75) is 24.7 Å². The Morgan fingerprint density at radius 1 is 1.29 bits per heavy atom. The van der Waals surface area contributed by atoms with E-state index in [-0.39, 0.29) is 10.8 Å². The third-order valence-electron chi connectivity index (χ3n) is 3.95. The number of rotatable bonds is 7. The van der Waals surface area contributed by atoms with Crippen LogP contribution in [0.1, 0.15) is 28.8 Å². The average molecular weight is 355 g/mol. The zero-order valence-corrected chi connectivity index (χ0v) is 14.8. The maximum absolute atomic E-state index is 12.8. The van der Waals surface area contributed by atoms with Gasteiger partial charge in [0.25, 0.3) is 5.91 Å².